The fraction of sp³-hybridized carbons (Fsp3) is 0.350. The molecule has 0 aliphatic carbocycles. The average molecular weight is 441 g/mol. The molecular formula is C20H25ClN2O5S. The lowest BCUT2D eigenvalue weighted by Crippen LogP contribution is -2.41. The predicted octanol–water partition coefficient (Wildman–Crippen LogP) is 3.39. The van der Waals surface area contributed by atoms with E-state index in [4.69, 9.17) is 21.1 Å². The van der Waals surface area contributed by atoms with Crippen molar-refractivity contribution in [2.24, 2.45) is 0 Å². The number of halogens is 1. The Hall–Kier alpha value is -2.45. The van der Waals surface area contributed by atoms with Crippen LogP contribution in [0, 0.1) is 0 Å². The first-order valence-electron chi connectivity index (χ1n) is 8.94. The van der Waals surface area contributed by atoms with Gasteiger partial charge in [0.15, 0.2) is 0 Å². The van der Waals surface area contributed by atoms with E-state index < -0.39 is 15.9 Å². The molecule has 0 bridgehead atoms. The molecular weight excluding hydrogens is 416 g/mol. The largest absolute Gasteiger partial charge is 0.497 e. The highest BCUT2D eigenvalue weighted by atomic mass is 35.5. The first-order chi connectivity index (χ1) is 13.7. The summed E-state index contributed by atoms with van der Waals surface area (Å²) in [6.45, 7) is 1.57. The minimum atomic E-state index is -3.71. The monoisotopic (exact) mass is 440 g/mol. The maximum Gasteiger partial charge on any atom is 0.241 e. The molecule has 0 unspecified atom stereocenters. The molecule has 2 aromatic carbocycles. The first kappa shape index (κ1) is 22.8. The van der Waals surface area contributed by atoms with E-state index in [1.54, 1.807) is 19.2 Å². The van der Waals surface area contributed by atoms with Crippen molar-refractivity contribution in [2.75, 3.05) is 31.3 Å². The number of methoxy groups -OCH3 is 2. The molecule has 1 amide bonds. The minimum Gasteiger partial charge on any atom is -0.497 e. The van der Waals surface area contributed by atoms with Gasteiger partial charge in [0.05, 0.1) is 37.2 Å². The van der Waals surface area contributed by atoms with E-state index in [0.717, 1.165) is 21.9 Å². The van der Waals surface area contributed by atoms with Gasteiger partial charge < -0.3 is 14.8 Å². The molecule has 0 saturated heterocycles. The summed E-state index contributed by atoms with van der Waals surface area (Å²) in [5, 5.41) is 3.14. The summed E-state index contributed by atoms with van der Waals surface area (Å²) >= 11 is 6.11. The van der Waals surface area contributed by atoms with Gasteiger partial charge in [-0.2, -0.15) is 0 Å². The van der Waals surface area contributed by atoms with E-state index >= 15 is 0 Å². The van der Waals surface area contributed by atoms with Crippen LogP contribution in [-0.2, 0) is 14.8 Å². The molecule has 0 spiro atoms. The molecule has 1 atom stereocenters. The number of amides is 1. The van der Waals surface area contributed by atoms with E-state index in [9.17, 15) is 13.2 Å². The van der Waals surface area contributed by atoms with Gasteiger partial charge in [0.1, 0.15) is 18.0 Å². The highest BCUT2D eigenvalue weighted by Crippen LogP contribution is 2.30. The molecule has 1 N–H and O–H groups in total. The van der Waals surface area contributed by atoms with Gasteiger partial charge in [0, 0.05) is 0 Å². The SMILES string of the molecule is CC[C@@H](NC(=O)CN(c1ccc(OC)c(Cl)c1)S(C)(=O)=O)c1ccc(OC)cc1. The summed E-state index contributed by atoms with van der Waals surface area (Å²) in [4.78, 5) is 12.6. The van der Waals surface area contributed by atoms with Crippen molar-refractivity contribution in [2.45, 2.75) is 19.4 Å². The number of ether oxygens (including phenoxy) is 2. The molecule has 7 nitrogen and oxygen atoms in total. The van der Waals surface area contributed by atoms with Crippen LogP contribution in [-0.4, -0.2) is 41.3 Å². The summed E-state index contributed by atoms with van der Waals surface area (Å²) in [6, 6.07) is 11.7. The normalized spacial score (nSPS) is 12.2. The van der Waals surface area contributed by atoms with Crippen LogP contribution in [0.4, 0.5) is 5.69 Å². The zero-order valence-electron chi connectivity index (χ0n) is 16.8. The maximum atomic E-state index is 12.6. The molecule has 0 aliphatic heterocycles. The Morgan fingerprint density at radius 1 is 1.14 bits per heavy atom. The Balaban J connectivity index is 2.20. The summed E-state index contributed by atoms with van der Waals surface area (Å²) < 4.78 is 35.8. The fourth-order valence-corrected chi connectivity index (χ4v) is 3.94. The number of nitrogens with zero attached hydrogens (tertiary/aromatic N) is 1. The quantitative estimate of drug-likeness (QED) is 0.646. The molecule has 9 heteroatoms. The number of carbonyl (C=O) groups excluding carboxylic acids is 1. The summed E-state index contributed by atoms with van der Waals surface area (Å²) in [7, 11) is -0.661. The minimum absolute atomic E-state index is 0.253. The molecule has 0 saturated carbocycles. The lowest BCUT2D eigenvalue weighted by molar-refractivity contribution is -0.120. The van der Waals surface area contributed by atoms with E-state index in [-0.39, 0.29) is 23.3 Å². The van der Waals surface area contributed by atoms with E-state index in [0.29, 0.717) is 12.2 Å². The van der Waals surface area contributed by atoms with Gasteiger partial charge in [-0.25, -0.2) is 8.42 Å². The summed E-state index contributed by atoms with van der Waals surface area (Å²) in [5.41, 5.74) is 1.19. The van der Waals surface area contributed by atoms with Crippen molar-refractivity contribution >= 4 is 33.2 Å². The fourth-order valence-electron chi connectivity index (χ4n) is 2.84. The van der Waals surface area contributed by atoms with Crippen LogP contribution in [0.15, 0.2) is 42.5 Å². The number of rotatable bonds is 9. The van der Waals surface area contributed by atoms with E-state index in [1.165, 1.54) is 13.2 Å². The Morgan fingerprint density at radius 2 is 1.79 bits per heavy atom. The molecule has 2 aromatic rings. The van der Waals surface area contributed by atoms with Gasteiger partial charge in [0.25, 0.3) is 0 Å². The third-order valence-electron chi connectivity index (χ3n) is 4.37. The van der Waals surface area contributed by atoms with Gasteiger partial charge in [-0.15, -0.1) is 0 Å². The van der Waals surface area contributed by atoms with Crippen molar-refractivity contribution in [1.29, 1.82) is 0 Å². The smallest absolute Gasteiger partial charge is 0.241 e. The Labute approximate surface area is 176 Å². The van der Waals surface area contributed by atoms with Crippen LogP contribution in [0.3, 0.4) is 0 Å². The predicted molar refractivity (Wildman–Crippen MR) is 114 cm³/mol. The zero-order chi connectivity index (χ0) is 21.6. The van der Waals surface area contributed by atoms with Gasteiger partial charge in [0.2, 0.25) is 15.9 Å². The number of anilines is 1. The van der Waals surface area contributed by atoms with Gasteiger partial charge in [-0.05, 0) is 42.3 Å². The number of nitrogens with one attached hydrogen (secondary N) is 1. The van der Waals surface area contributed by atoms with Gasteiger partial charge >= 0.3 is 0 Å². The lowest BCUT2D eigenvalue weighted by Gasteiger charge is -2.24. The summed E-state index contributed by atoms with van der Waals surface area (Å²) in [6.07, 6.45) is 1.69. The number of hydrogen-bond acceptors (Lipinski definition) is 5. The summed E-state index contributed by atoms with van der Waals surface area (Å²) in [5.74, 6) is 0.707. The van der Waals surface area contributed by atoms with Gasteiger partial charge in [-0.1, -0.05) is 30.7 Å². The molecule has 0 aromatic heterocycles. The molecule has 29 heavy (non-hydrogen) atoms. The highest BCUT2D eigenvalue weighted by Gasteiger charge is 2.23. The Bertz CT molecular complexity index is 948. The second-order valence-electron chi connectivity index (χ2n) is 6.39. The number of sulfonamides is 1. The molecule has 2 rings (SSSR count). The number of benzene rings is 2. The zero-order valence-corrected chi connectivity index (χ0v) is 18.4. The van der Waals surface area contributed by atoms with Crippen LogP contribution < -0.4 is 19.1 Å². The van der Waals surface area contributed by atoms with Crippen LogP contribution in [0.1, 0.15) is 24.9 Å². The lowest BCUT2D eigenvalue weighted by atomic mass is 10.0. The van der Waals surface area contributed by atoms with Crippen LogP contribution in [0.25, 0.3) is 0 Å². The number of hydrogen-bond donors (Lipinski definition) is 1. The van der Waals surface area contributed by atoms with Crippen molar-refractivity contribution in [3.8, 4) is 11.5 Å². The van der Waals surface area contributed by atoms with Crippen LogP contribution in [0.2, 0.25) is 5.02 Å². The Morgan fingerprint density at radius 3 is 2.28 bits per heavy atom. The van der Waals surface area contributed by atoms with Gasteiger partial charge in [-0.3, -0.25) is 9.10 Å². The molecule has 0 aliphatic rings. The molecule has 158 valence electrons. The van der Waals surface area contributed by atoms with Crippen LogP contribution in [0.5, 0.6) is 11.5 Å². The van der Waals surface area contributed by atoms with Crippen molar-refractivity contribution in [1.82, 2.24) is 5.32 Å². The Kier molecular flexibility index (Phi) is 7.75. The third-order valence-corrected chi connectivity index (χ3v) is 5.81. The second-order valence-corrected chi connectivity index (χ2v) is 8.70. The maximum absolute atomic E-state index is 12.6. The van der Waals surface area contributed by atoms with E-state index in [2.05, 4.69) is 5.32 Å². The average Bonchev–Trinajstić information content (AvgIpc) is 2.69. The van der Waals surface area contributed by atoms with E-state index in [1.807, 2.05) is 31.2 Å². The third kappa shape index (κ3) is 6.01. The standard InChI is InChI=1S/C20H25ClN2O5S/c1-5-18(14-6-9-16(27-2)10-7-14)22-20(24)13-23(29(4,25)26)15-8-11-19(28-3)17(21)12-15/h6-12,18H,5,13H2,1-4H3,(H,22,24)/t18-/m1/s1. The first-order valence-corrected chi connectivity index (χ1v) is 11.2. The van der Waals surface area contributed by atoms with Crippen LogP contribution >= 0.6 is 11.6 Å². The topological polar surface area (TPSA) is 84.9 Å². The van der Waals surface area contributed by atoms with Crippen molar-refractivity contribution in [3.63, 3.8) is 0 Å². The van der Waals surface area contributed by atoms with Crippen molar-refractivity contribution in [3.05, 3.63) is 53.1 Å². The second kappa shape index (κ2) is 9.84. The molecule has 0 fully saturated rings. The van der Waals surface area contributed by atoms with Crippen molar-refractivity contribution < 1.29 is 22.7 Å². The molecule has 0 heterocycles. The highest BCUT2D eigenvalue weighted by molar-refractivity contribution is 7.92. The molecule has 0 radical (unpaired) electrons. The number of carbonyl (C=O) groups is 1.